The molecular weight excluding hydrogens is 321 g/mol. The van der Waals surface area contributed by atoms with Crippen LogP contribution in [0.1, 0.15) is 40.9 Å². The van der Waals surface area contributed by atoms with Crippen LogP contribution in [0.4, 0.5) is 4.39 Å². The Morgan fingerprint density at radius 2 is 2.00 bits per heavy atom. The van der Waals surface area contributed by atoms with Crippen molar-refractivity contribution < 1.29 is 19.1 Å². The predicted octanol–water partition coefficient (Wildman–Crippen LogP) is 2.81. The van der Waals surface area contributed by atoms with Crippen molar-refractivity contribution in [3.8, 4) is 0 Å². The van der Waals surface area contributed by atoms with E-state index in [4.69, 9.17) is 0 Å². The first-order valence-electron chi connectivity index (χ1n) is 8.30. The molecule has 1 amide bonds. The second-order valence-corrected chi connectivity index (χ2v) is 6.50. The molecule has 3 unspecified atom stereocenters. The van der Waals surface area contributed by atoms with Crippen molar-refractivity contribution in [3.63, 3.8) is 0 Å². The van der Waals surface area contributed by atoms with Gasteiger partial charge in [-0.05, 0) is 23.3 Å². The largest absolute Gasteiger partial charge is 0.390 e. The van der Waals surface area contributed by atoms with E-state index in [1.807, 2.05) is 24.3 Å². The van der Waals surface area contributed by atoms with Crippen LogP contribution in [0, 0.1) is 11.7 Å². The van der Waals surface area contributed by atoms with Crippen LogP contribution in [0.25, 0.3) is 0 Å². The second kappa shape index (κ2) is 7.15. The van der Waals surface area contributed by atoms with Gasteiger partial charge in [-0.1, -0.05) is 43.3 Å². The number of rotatable bonds is 5. The molecule has 2 N–H and O–H groups in total. The van der Waals surface area contributed by atoms with Crippen LogP contribution in [-0.2, 0) is 11.2 Å². The number of amides is 1. The van der Waals surface area contributed by atoms with E-state index in [-0.39, 0.29) is 23.7 Å². The molecule has 130 valence electrons. The molecule has 0 saturated carbocycles. The van der Waals surface area contributed by atoms with Gasteiger partial charge in [0.25, 0.3) is 0 Å². The molecule has 0 bridgehead atoms. The van der Waals surface area contributed by atoms with Gasteiger partial charge < -0.3 is 10.4 Å². The van der Waals surface area contributed by atoms with Gasteiger partial charge in [-0.15, -0.1) is 0 Å². The predicted molar refractivity (Wildman–Crippen MR) is 91.5 cm³/mol. The summed E-state index contributed by atoms with van der Waals surface area (Å²) >= 11 is 0. The van der Waals surface area contributed by atoms with Crippen LogP contribution in [0.2, 0.25) is 0 Å². The molecule has 2 aromatic rings. The van der Waals surface area contributed by atoms with E-state index in [0.29, 0.717) is 6.42 Å². The minimum Gasteiger partial charge on any atom is -0.390 e. The number of halogens is 1. The Hall–Kier alpha value is -2.53. The lowest BCUT2D eigenvalue weighted by molar-refractivity contribution is -0.123. The molecule has 1 aliphatic rings. The first-order valence-corrected chi connectivity index (χ1v) is 8.30. The summed E-state index contributed by atoms with van der Waals surface area (Å²) in [5.74, 6) is -1.64. The normalized spacial score (nSPS) is 20.0. The Kier molecular flexibility index (Phi) is 4.95. The van der Waals surface area contributed by atoms with Gasteiger partial charge in [-0.3, -0.25) is 9.59 Å². The summed E-state index contributed by atoms with van der Waals surface area (Å²) in [5.41, 5.74) is 2.18. The minimum absolute atomic E-state index is 0.0132. The summed E-state index contributed by atoms with van der Waals surface area (Å²) in [6.45, 7) is 1.64. The fourth-order valence-electron chi connectivity index (χ4n) is 3.28. The number of aliphatic hydroxyl groups is 1. The van der Waals surface area contributed by atoms with Gasteiger partial charge >= 0.3 is 0 Å². The number of nitrogens with one attached hydrogen (secondary N) is 1. The van der Waals surface area contributed by atoms with Crippen molar-refractivity contribution in [3.05, 3.63) is 71.0 Å². The van der Waals surface area contributed by atoms with Crippen molar-refractivity contribution in [1.82, 2.24) is 5.32 Å². The van der Waals surface area contributed by atoms with E-state index in [1.54, 1.807) is 6.92 Å². The number of fused-ring (bicyclic) bond motifs is 1. The summed E-state index contributed by atoms with van der Waals surface area (Å²) in [4.78, 5) is 24.7. The van der Waals surface area contributed by atoms with Crippen LogP contribution in [0.15, 0.2) is 48.5 Å². The number of benzene rings is 2. The number of hydrogen-bond acceptors (Lipinski definition) is 3. The lowest BCUT2D eigenvalue weighted by Gasteiger charge is -2.19. The maximum atomic E-state index is 13.2. The molecule has 4 nitrogen and oxygen atoms in total. The van der Waals surface area contributed by atoms with Gasteiger partial charge in [0.1, 0.15) is 5.82 Å². The minimum atomic E-state index is -0.671. The summed E-state index contributed by atoms with van der Waals surface area (Å²) in [6.07, 6.45) is -0.185. The highest BCUT2D eigenvalue weighted by Gasteiger charge is 2.32. The van der Waals surface area contributed by atoms with Crippen molar-refractivity contribution in [2.24, 2.45) is 5.92 Å². The van der Waals surface area contributed by atoms with Crippen LogP contribution < -0.4 is 5.32 Å². The van der Waals surface area contributed by atoms with Crippen LogP contribution in [-0.4, -0.2) is 22.9 Å². The third-order valence-electron chi connectivity index (χ3n) is 4.57. The van der Waals surface area contributed by atoms with Crippen LogP contribution >= 0.6 is 0 Å². The number of ketones is 1. The molecule has 0 heterocycles. The number of Topliss-reactive ketones (excluding diaryl/α,β-unsaturated/α-hetero) is 1. The number of hydrogen-bond donors (Lipinski definition) is 2. The summed E-state index contributed by atoms with van der Waals surface area (Å²) in [7, 11) is 0. The molecule has 0 aliphatic heterocycles. The van der Waals surface area contributed by atoms with Gasteiger partial charge in [0.05, 0.1) is 12.1 Å². The smallest absolute Gasteiger partial charge is 0.221 e. The van der Waals surface area contributed by atoms with Crippen molar-refractivity contribution in [1.29, 1.82) is 0 Å². The second-order valence-electron chi connectivity index (χ2n) is 6.50. The Labute approximate surface area is 145 Å². The van der Waals surface area contributed by atoms with Gasteiger partial charge in [0.15, 0.2) is 5.78 Å². The Morgan fingerprint density at radius 1 is 1.24 bits per heavy atom. The third-order valence-corrected chi connectivity index (χ3v) is 4.57. The first-order chi connectivity index (χ1) is 12.0. The fourth-order valence-corrected chi connectivity index (χ4v) is 3.28. The molecule has 0 saturated heterocycles. The molecule has 0 radical (unpaired) electrons. The molecule has 2 aromatic carbocycles. The maximum Gasteiger partial charge on any atom is 0.221 e. The standard InChI is InChI=1S/C20H20FNO3/c1-12(20(25)14-6-4-7-15(21)10-14)9-18(24)22-19-16-8-3-2-5-13(16)11-17(19)23/h2-8,10,12,17,19,23H,9,11H2,1H3,(H,22,24). The van der Waals surface area contributed by atoms with Crippen molar-refractivity contribution in [2.45, 2.75) is 31.9 Å². The molecule has 5 heteroatoms. The lowest BCUT2D eigenvalue weighted by atomic mass is 9.95. The van der Waals surface area contributed by atoms with Gasteiger partial charge in [-0.2, -0.15) is 0 Å². The Morgan fingerprint density at radius 3 is 2.76 bits per heavy atom. The van der Waals surface area contributed by atoms with E-state index in [2.05, 4.69) is 5.32 Å². The molecule has 0 aromatic heterocycles. The average Bonchev–Trinajstić information content (AvgIpc) is 2.90. The zero-order valence-electron chi connectivity index (χ0n) is 13.9. The number of carbonyl (C=O) groups excluding carboxylic acids is 2. The van der Waals surface area contributed by atoms with E-state index < -0.39 is 23.9 Å². The van der Waals surface area contributed by atoms with Gasteiger partial charge in [-0.25, -0.2) is 4.39 Å². The molecule has 1 aliphatic carbocycles. The fraction of sp³-hybridized carbons (Fsp3) is 0.300. The lowest BCUT2D eigenvalue weighted by Crippen LogP contribution is -2.35. The van der Waals surface area contributed by atoms with Crippen LogP contribution in [0.3, 0.4) is 0 Å². The van der Waals surface area contributed by atoms with Gasteiger partial charge in [0.2, 0.25) is 5.91 Å². The highest BCUT2D eigenvalue weighted by molar-refractivity contribution is 5.99. The van der Waals surface area contributed by atoms with Gasteiger partial charge in [0, 0.05) is 24.3 Å². The summed E-state index contributed by atoms with van der Waals surface area (Å²) in [6, 6.07) is 12.6. The zero-order chi connectivity index (χ0) is 18.0. The van der Waals surface area contributed by atoms with E-state index in [0.717, 1.165) is 11.1 Å². The van der Waals surface area contributed by atoms with Crippen LogP contribution in [0.5, 0.6) is 0 Å². The Bertz CT molecular complexity index is 805. The van der Waals surface area contributed by atoms with E-state index in [1.165, 1.54) is 24.3 Å². The third kappa shape index (κ3) is 3.77. The number of carbonyl (C=O) groups is 2. The first kappa shape index (κ1) is 17.3. The average molecular weight is 341 g/mol. The highest BCUT2D eigenvalue weighted by Crippen LogP contribution is 2.31. The van der Waals surface area contributed by atoms with Crippen molar-refractivity contribution >= 4 is 11.7 Å². The molecule has 0 fully saturated rings. The summed E-state index contributed by atoms with van der Waals surface area (Å²) in [5, 5.41) is 13.0. The quantitative estimate of drug-likeness (QED) is 0.822. The zero-order valence-corrected chi connectivity index (χ0v) is 13.9. The molecule has 3 atom stereocenters. The Balaban J connectivity index is 1.64. The van der Waals surface area contributed by atoms with E-state index in [9.17, 15) is 19.1 Å². The van der Waals surface area contributed by atoms with Crippen molar-refractivity contribution in [2.75, 3.05) is 0 Å². The topological polar surface area (TPSA) is 66.4 Å². The number of aliphatic hydroxyl groups excluding tert-OH is 1. The summed E-state index contributed by atoms with van der Waals surface area (Å²) < 4.78 is 13.2. The monoisotopic (exact) mass is 341 g/mol. The molecule has 25 heavy (non-hydrogen) atoms. The SMILES string of the molecule is CC(CC(=O)NC1c2ccccc2CC1O)C(=O)c1cccc(F)c1. The molecular formula is C20H20FNO3. The maximum absolute atomic E-state index is 13.2. The molecule has 0 spiro atoms. The highest BCUT2D eigenvalue weighted by atomic mass is 19.1. The van der Waals surface area contributed by atoms with E-state index >= 15 is 0 Å². The molecule has 3 rings (SSSR count).